The highest BCUT2D eigenvalue weighted by molar-refractivity contribution is 5.88. The van der Waals surface area contributed by atoms with E-state index in [1.54, 1.807) is 6.20 Å². The first-order chi connectivity index (χ1) is 9.24. The molecule has 0 amide bonds. The van der Waals surface area contributed by atoms with Gasteiger partial charge in [-0.2, -0.15) is 0 Å². The van der Waals surface area contributed by atoms with Crippen LogP contribution in [-0.4, -0.2) is 10.8 Å². The molecule has 0 spiro atoms. The van der Waals surface area contributed by atoms with E-state index >= 15 is 0 Å². The molecule has 0 saturated heterocycles. The van der Waals surface area contributed by atoms with Crippen molar-refractivity contribution in [1.29, 1.82) is 0 Å². The van der Waals surface area contributed by atoms with Crippen LogP contribution in [0.2, 0.25) is 0 Å². The third-order valence-corrected chi connectivity index (χ3v) is 3.81. The molecule has 0 aliphatic heterocycles. The topological polar surface area (TPSA) is 30.0 Å². The zero-order valence-corrected chi connectivity index (χ0v) is 11.1. The molecule has 19 heavy (non-hydrogen) atoms. The summed E-state index contributed by atoms with van der Waals surface area (Å²) >= 11 is 0. The number of Topliss-reactive ketones (excluding diaryl/α,β-unsaturated/α-hetero) is 1. The lowest BCUT2D eigenvalue weighted by Gasteiger charge is -2.09. The summed E-state index contributed by atoms with van der Waals surface area (Å²) in [4.78, 5) is 16.8. The molecule has 2 aromatic rings. The second-order valence-corrected chi connectivity index (χ2v) is 5.27. The fourth-order valence-electron chi connectivity index (χ4n) is 2.87. The van der Waals surface area contributed by atoms with Gasteiger partial charge in [0, 0.05) is 12.6 Å². The van der Waals surface area contributed by atoms with Crippen LogP contribution >= 0.6 is 0 Å². The normalized spacial score (nSPS) is 17.2. The van der Waals surface area contributed by atoms with E-state index in [2.05, 4.69) is 30.1 Å². The van der Waals surface area contributed by atoms with Crippen LogP contribution in [0, 0.1) is 6.92 Å². The van der Waals surface area contributed by atoms with Crippen molar-refractivity contribution in [1.82, 2.24) is 4.98 Å². The number of rotatable bonds is 3. The summed E-state index contributed by atoms with van der Waals surface area (Å²) in [6.07, 6.45) is 4.20. The molecule has 1 heterocycles. The Kier molecular flexibility index (Phi) is 3.16. The number of carbonyl (C=O) groups is 1. The highest BCUT2D eigenvalue weighted by Crippen LogP contribution is 2.32. The van der Waals surface area contributed by atoms with E-state index in [4.69, 9.17) is 0 Å². The Morgan fingerprint density at radius 2 is 2.21 bits per heavy atom. The summed E-state index contributed by atoms with van der Waals surface area (Å²) in [5.74, 6) is 0.291. The molecule has 0 saturated carbocycles. The SMILES string of the molecule is Cc1cccc(CC(=O)C2CCc3cccnc32)c1. The van der Waals surface area contributed by atoms with Crippen LogP contribution < -0.4 is 0 Å². The van der Waals surface area contributed by atoms with Crippen LogP contribution in [0.5, 0.6) is 0 Å². The molecular formula is C17H17NO. The highest BCUT2D eigenvalue weighted by Gasteiger charge is 2.29. The molecule has 0 bridgehead atoms. The van der Waals surface area contributed by atoms with E-state index in [0.29, 0.717) is 12.2 Å². The first-order valence-electron chi connectivity index (χ1n) is 6.76. The number of aryl methyl sites for hydroxylation is 2. The van der Waals surface area contributed by atoms with E-state index in [1.165, 1.54) is 11.1 Å². The van der Waals surface area contributed by atoms with Gasteiger partial charge in [-0.15, -0.1) is 0 Å². The molecular weight excluding hydrogens is 234 g/mol. The van der Waals surface area contributed by atoms with E-state index in [1.807, 2.05) is 18.2 Å². The lowest BCUT2D eigenvalue weighted by molar-refractivity contribution is -0.119. The summed E-state index contributed by atoms with van der Waals surface area (Å²) in [5.41, 5.74) is 4.55. The standard InChI is InChI=1S/C17H17NO/c1-12-4-2-5-13(10-12)11-16(19)15-8-7-14-6-3-9-18-17(14)15/h2-6,9-10,15H,7-8,11H2,1H3. The van der Waals surface area contributed by atoms with Gasteiger partial charge in [0.05, 0.1) is 11.6 Å². The molecule has 1 unspecified atom stereocenters. The summed E-state index contributed by atoms with van der Waals surface area (Å²) in [6, 6.07) is 12.2. The van der Waals surface area contributed by atoms with Gasteiger partial charge in [0.2, 0.25) is 0 Å². The lowest BCUT2D eigenvalue weighted by atomic mass is 9.95. The molecule has 2 heteroatoms. The first-order valence-corrected chi connectivity index (χ1v) is 6.76. The average Bonchev–Trinajstić information content (AvgIpc) is 2.82. The third kappa shape index (κ3) is 2.43. The van der Waals surface area contributed by atoms with Crippen LogP contribution in [0.15, 0.2) is 42.6 Å². The predicted octanol–water partition coefficient (Wildman–Crippen LogP) is 3.23. The van der Waals surface area contributed by atoms with Gasteiger partial charge < -0.3 is 0 Å². The number of nitrogens with zero attached hydrogens (tertiary/aromatic N) is 1. The zero-order chi connectivity index (χ0) is 13.2. The molecule has 1 aliphatic carbocycles. The van der Waals surface area contributed by atoms with Crippen molar-refractivity contribution in [2.24, 2.45) is 0 Å². The minimum Gasteiger partial charge on any atom is -0.299 e. The quantitative estimate of drug-likeness (QED) is 0.838. The van der Waals surface area contributed by atoms with Gasteiger partial charge in [0.1, 0.15) is 5.78 Å². The molecule has 3 rings (SSSR count). The van der Waals surface area contributed by atoms with Gasteiger partial charge in [0.25, 0.3) is 0 Å². The summed E-state index contributed by atoms with van der Waals surface area (Å²) in [5, 5.41) is 0. The van der Waals surface area contributed by atoms with Crippen LogP contribution in [0.1, 0.15) is 34.7 Å². The highest BCUT2D eigenvalue weighted by atomic mass is 16.1. The smallest absolute Gasteiger partial charge is 0.146 e. The van der Waals surface area contributed by atoms with Crippen molar-refractivity contribution in [2.75, 3.05) is 0 Å². The van der Waals surface area contributed by atoms with Crippen molar-refractivity contribution in [3.8, 4) is 0 Å². The minimum atomic E-state index is -0.00304. The number of pyridine rings is 1. The van der Waals surface area contributed by atoms with E-state index < -0.39 is 0 Å². The van der Waals surface area contributed by atoms with E-state index in [-0.39, 0.29) is 5.92 Å². The fourth-order valence-corrected chi connectivity index (χ4v) is 2.87. The van der Waals surface area contributed by atoms with Crippen molar-refractivity contribution in [3.63, 3.8) is 0 Å². The van der Waals surface area contributed by atoms with Gasteiger partial charge >= 0.3 is 0 Å². The Hall–Kier alpha value is -1.96. The first kappa shape index (κ1) is 12.1. The number of aromatic nitrogens is 1. The molecule has 0 fully saturated rings. The Morgan fingerprint density at radius 1 is 1.32 bits per heavy atom. The Bertz CT molecular complexity index is 618. The average molecular weight is 251 g/mol. The summed E-state index contributed by atoms with van der Waals surface area (Å²) in [7, 11) is 0. The van der Waals surface area contributed by atoms with Gasteiger partial charge in [0.15, 0.2) is 0 Å². The molecule has 1 atom stereocenters. The zero-order valence-electron chi connectivity index (χ0n) is 11.1. The number of carbonyl (C=O) groups excluding carboxylic acids is 1. The lowest BCUT2D eigenvalue weighted by Crippen LogP contribution is -2.13. The van der Waals surface area contributed by atoms with Gasteiger partial charge in [-0.3, -0.25) is 9.78 Å². The largest absolute Gasteiger partial charge is 0.299 e. The second kappa shape index (κ2) is 4.96. The number of fused-ring (bicyclic) bond motifs is 1. The Balaban J connectivity index is 1.79. The van der Waals surface area contributed by atoms with Gasteiger partial charge in [-0.05, 0) is 37.0 Å². The molecule has 1 aromatic carbocycles. The summed E-state index contributed by atoms with van der Waals surface area (Å²) in [6.45, 7) is 2.06. The second-order valence-electron chi connectivity index (χ2n) is 5.27. The summed E-state index contributed by atoms with van der Waals surface area (Å²) < 4.78 is 0. The van der Waals surface area contributed by atoms with Crippen LogP contribution in [-0.2, 0) is 17.6 Å². The molecule has 1 aromatic heterocycles. The Morgan fingerprint density at radius 3 is 3.05 bits per heavy atom. The molecule has 1 aliphatic rings. The molecule has 0 N–H and O–H groups in total. The minimum absolute atomic E-state index is 0.00304. The van der Waals surface area contributed by atoms with Crippen molar-refractivity contribution >= 4 is 5.78 Å². The van der Waals surface area contributed by atoms with Crippen LogP contribution in [0.25, 0.3) is 0 Å². The van der Waals surface area contributed by atoms with Gasteiger partial charge in [-0.1, -0.05) is 35.9 Å². The fraction of sp³-hybridized carbons (Fsp3) is 0.294. The van der Waals surface area contributed by atoms with Crippen molar-refractivity contribution in [2.45, 2.75) is 32.1 Å². The van der Waals surface area contributed by atoms with Crippen LogP contribution in [0.4, 0.5) is 0 Å². The van der Waals surface area contributed by atoms with Crippen molar-refractivity contribution in [3.05, 3.63) is 65.0 Å². The third-order valence-electron chi connectivity index (χ3n) is 3.81. The molecule has 2 nitrogen and oxygen atoms in total. The van der Waals surface area contributed by atoms with E-state index in [9.17, 15) is 4.79 Å². The monoisotopic (exact) mass is 251 g/mol. The predicted molar refractivity (Wildman–Crippen MR) is 75.2 cm³/mol. The molecule has 0 radical (unpaired) electrons. The van der Waals surface area contributed by atoms with Crippen LogP contribution in [0.3, 0.4) is 0 Å². The maximum Gasteiger partial charge on any atom is 0.146 e. The van der Waals surface area contributed by atoms with E-state index in [0.717, 1.165) is 24.1 Å². The number of hydrogen-bond acceptors (Lipinski definition) is 2. The number of ketones is 1. The molecule has 96 valence electrons. The van der Waals surface area contributed by atoms with Gasteiger partial charge in [-0.25, -0.2) is 0 Å². The number of benzene rings is 1. The van der Waals surface area contributed by atoms with Crippen molar-refractivity contribution < 1.29 is 4.79 Å². The Labute approximate surface area is 113 Å². The maximum atomic E-state index is 12.4. The number of hydrogen-bond donors (Lipinski definition) is 0. The maximum absolute atomic E-state index is 12.4.